The molecule has 0 aliphatic carbocycles. The molecule has 2 aliphatic heterocycles. The summed E-state index contributed by atoms with van der Waals surface area (Å²) in [6.45, 7) is 0.850. The van der Waals surface area contributed by atoms with Gasteiger partial charge in [0.05, 0.1) is 5.54 Å². The monoisotopic (exact) mass is 176 g/mol. The van der Waals surface area contributed by atoms with Gasteiger partial charge in [-0.15, -0.1) is 0 Å². The average Bonchev–Trinajstić information content (AvgIpc) is 2.57. The average molecular weight is 176 g/mol. The van der Waals surface area contributed by atoms with Crippen LogP contribution < -0.4 is 10.6 Å². The van der Waals surface area contributed by atoms with E-state index in [4.69, 9.17) is 0 Å². The van der Waals surface area contributed by atoms with Crippen LogP contribution in [-0.2, 0) is 6.42 Å². The quantitative estimate of drug-likeness (QED) is 0.533. The molecule has 0 aromatic heterocycles. The van der Waals surface area contributed by atoms with Crippen molar-refractivity contribution in [3.8, 4) is 0 Å². The highest BCUT2D eigenvalue weighted by molar-refractivity contribution is 5.60. The molecule has 2 heterocycles. The second-order valence-corrected chi connectivity index (χ2v) is 3.90. The number of aliphatic hydroxyl groups excluding tert-OH is 1. The maximum Gasteiger partial charge on any atom is 0.129 e. The second kappa shape index (κ2) is 2.25. The lowest BCUT2D eigenvalue weighted by Gasteiger charge is -2.45. The molecule has 68 valence electrons. The van der Waals surface area contributed by atoms with Crippen molar-refractivity contribution < 1.29 is 5.11 Å². The van der Waals surface area contributed by atoms with Crippen molar-refractivity contribution >= 4 is 5.69 Å². The van der Waals surface area contributed by atoms with Crippen LogP contribution in [0, 0.1) is 0 Å². The number of aliphatic hydroxyl groups is 1. The highest BCUT2D eigenvalue weighted by atomic mass is 16.3. The van der Waals surface area contributed by atoms with Crippen molar-refractivity contribution in [1.29, 1.82) is 0 Å². The molecule has 13 heavy (non-hydrogen) atoms. The molecule has 3 nitrogen and oxygen atoms in total. The number of fused-ring (bicyclic) bond motifs is 1. The molecule has 2 unspecified atom stereocenters. The molecule has 1 saturated heterocycles. The fraction of sp³-hybridized carbons (Fsp3) is 0.400. The van der Waals surface area contributed by atoms with E-state index in [9.17, 15) is 5.11 Å². The Morgan fingerprint density at radius 1 is 1.38 bits per heavy atom. The Balaban J connectivity index is 1.97. The Morgan fingerprint density at radius 3 is 2.85 bits per heavy atom. The van der Waals surface area contributed by atoms with E-state index in [2.05, 4.69) is 22.8 Å². The van der Waals surface area contributed by atoms with Crippen LogP contribution in [0.2, 0.25) is 0 Å². The van der Waals surface area contributed by atoms with Crippen LogP contribution >= 0.6 is 0 Å². The minimum absolute atomic E-state index is 0.121. The van der Waals surface area contributed by atoms with Crippen molar-refractivity contribution in [3.63, 3.8) is 0 Å². The molecule has 2 aliphatic rings. The molecule has 1 aromatic rings. The largest absolute Gasteiger partial charge is 0.376 e. The van der Waals surface area contributed by atoms with Gasteiger partial charge in [0.2, 0.25) is 0 Å². The SMILES string of the molecule is OC1NCC12Cc1ccccc1N2. The second-order valence-electron chi connectivity index (χ2n) is 3.90. The number of nitrogens with one attached hydrogen (secondary N) is 2. The Morgan fingerprint density at radius 2 is 2.23 bits per heavy atom. The molecule has 3 rings (SSSR count). The molecule has 0 saturated carbocycles. The Bertz CT molecular complexity index is 326. The first-order valence-electron chi connectivity index (χ1n) is 4.58. The zero-order chi connectivity index (χ0) is 8.89. The number of anilines is 1. The highest BCUT2D eigenvalue weighted by Crippen LogP contribution is 2.36. The number of rotatable bonds is 0. The van der Waals surface area contributed by atoms with Crippen molar-refractivity contribution in [1.82, 2.24) is 5.32 Å². The minimum atomic E-state index is -0.403. The smallest absolute Gasteiger partial charge is 0.129 e. The van der Waals surface area contributed by atoms with Gasteiger partial charge in [-0.25, -0.2) is 0 Å². The first-order chi connectivity index (χ1) is 6.30. The van der Waals surface area contributed by atoms with E-state index in [1.807, 2.05) is 12.1 Å². The summed E-state index contributed by atoms with van der Waals surface area (Å²) in [6, 6.07) is 8.23. The third-order valence-corrected chi connectivity index (χ3v) is 3.04. The fourth-order valence-electron chi connectivity index (χ4n) is 2.16. The predicted octanol–water partition coefficient (Wildman–Crippen LogP) is 0.315. The standard InChI is InChI=1S/C10H12N2O/c13-9-10(6-11-9)5-7-3-1-2-4-8(7)12-10/h1-4,9,11-13H,5-6H2. The minimum Gasteiger partial charge on any atom is -0.376 e. The van der Waals surface area contributed by atoms with Crippen LogP contribution in [0.25, 0.3) is 0 Å². The van der Waals surface area contributed by atoms with Crippen LogP contribution in [-0.4, -0.2) is 23.4 Å². The molecule has 0 radical (unpaired) electrons. The van der Waals surface area contributed by atoms with Crippen LogP contribution in [0.3, 0.4) is 0 Å². The maximum absolute atomic E-state index is 9.60. The Kier molecular flexibility index (Phi) is 1.27. The molecule has 0 amide bonds. The van der Waals surface area contributed by atoms with Gasteiger partial charge in [0, 0.05) is 18.7 Å². The zero-order valence-corrected chi connectivity index (χ0v) is 7.25. The lowest BCUT2D eigenvalue weighted by atomic mass is 9.87. The van der Waals surface area contributed by atoms with E-state index in [1.54, 1.807) is 0 Å². The third-order valence-electron chi connectivity index (χ3n) is 3.04. The first-order valence-corrected chi connectivity index (χ1v) is 4.58. The van der Waals surface area contributed by atoms with E-state index < -0.39 is 6.23 Å². The molecule has 3 N–H and O–H groups in total. The summed E-state index contributed by atoms with van der Waals surface area (Å²) in [7, 11) is 0. The van der Waals surface area contributed by atoms with Crippen LogP contribution in [0.1, 0.15) is 5.56 Å². The van der Waals surface area contributed by atoms with Crippen LogP contribution in [0.4, 0.5) is 5.69 Å². The lowest BCUT2D eigenvalue weighted by molar-refractivity contribution is 0.000228. The van der Waals surface area contributed by atoms with Gasteiger partial charge in [0.1, 0.15) is 6.23 Å². The van der Waals surface area contributed by atoms with Crippen molar-refractivity contribution in [2.45, 2.75) is 18.2 Å². The molecule has 1 fully saturated rings. The number of para-hydroxylation sites is 1. The van der Waals surface area contributed by atoms with Crippen LogP contribution in [0.15, 0.2) is 24.3 Å². The molecular formula is C10H12N2O. The van der Waals surface area contributed by atoms with E-state index >= 15 is 0 Å². The van der Waals surface area contributed by atoms with Crippen molar-refractivity contribution in [2.75, 3.05) is 11.9 Å². The summed E-state index contributed by atoms with van der Waals surface area (Å²) >= 11 is 0. The topological polar surface area (TPSA) is 44.3 Å². The highest BCUT2D eigenvalue weighted by Gasteiger charge is 2.49. The molecule has 1 aromatic carbocycles. The van der Waals surface area contributed by atoms with Crippen molar-refractivity contribution in [2.24, 2.45) is 0 Å². The zero-order valence-electron chi connectivity index (χ0n) is 7.25. The van der Waals surface area contributed by atoms with Gasteiger partial charge in [-0.05, 0) is 11.6 Å². The lowest BCUT2D eigenvalue weighted by Crippen LogP contribution is -2.71. The van der Waals surface area contributed by atoms with E-state index in [0.29, 0.717) is 0 Å². The summed E-state index contributed by atoms with van der Waals surface area (Å²) in [5, 5.41) is 16.0. The van der Waals surface area contributed by atoms with Crippen LogP contribution in [0.5, 0.6) is 0 Å². The summed E-state index contributed by atoms with van der Waals surface area (Å²) in [4.78, 5) is 0. The van der Waals surface area contributed by atoms with Gasteiger partial charge in [-0.3, -0.25) is 5.32 Å². The van der Waals surface area contributed by atoms with E-state index in [0.717, 1.165) is 13.0 Å². The van der Waals surface area contributed by atoms with Gasteiger partial charge in [-0.1, -0.05) is 18.2 Å². The third kappa shape index (κ3) is 0.857. The normalized spacial score (nSPS) is 35.3. The van der Waals surface area contributed by atoms with Gasteiger partial charge >= 0.3 is 0 Å². The number of benzene rings is 1. The number of hydrogen-bond acceptors (Lipinski definition) is 3. The summed E-state index contributed by atoms with van der Waals surface area (Å²) in [5.41, 5.74) is 2.36. The van der Waals surface area contributed by atoms with E-state index in [-0.39, 0.29) is 5.54 Å². The predicted molar refractivity (Wildman–Crippen MR) is 50.5 cm³/mol. The summed E-state index contributed by atoms with van der Waals surface area (Å²) in [6.07, 6.45) is 0.525. The van der Waals surface area contributed by atoms with Gasteiger partial charge in [0.15, 0.2) is 0 Å². The van der Waals surface area contributed by atoms with E-state index in [1.165, 1.54) is 11.3 Å². The van der Waals surface area contributed by atoms with Gasteiger partial charge in [0.25, 0.3) is 0 Å². The fourth-order valence-corrected chi connectivity index (χ4v) is 2.16. The van der Waals surface area contributed by atoms with Crippen molar-refractivity contribution in [3.05, 3.63) is 29.8 Å². The molecule has 0 bridgehead atoms. The first kappa shape index (κ1) is 7.35. The molecule has 2 atom stereocenters. The molecule has 3 heteroatoms. The number of hydrogen-bond donors (Lipinski definition) is 3. The Labute approximate surface area is 76.8 Å². The summed E-state index contributed by atoms with van der Waals surface area (Å²) in [5.74, 6) is 0. The Hall–Kier alpha value is -1.06. The van der Waals surface area contributed by atoms with Gasteiger partial charge in [-0.2, -0.15) is 0 Å². The summed E-state index contributed by atoms with van der Waals surface area (Å²) < 4.78 is 0. The maximum atomic E-state index is 9.60. The van der Waals surface area contributed by atoms with Gasteiger partial charge < -0.3 is 10.4 Å². The molecular weight excluding hydrogens is 164 g/mol. The molecule has 1 spiro atoms.